The van der Waals surface area contributed by atoms with Crippen molar-refractivity contribution in [2.75, 3.05) is 19.0 Å². The third-order valence-electron chi connectivity index (χ3n) is 2.95. The molecule has 5 heteroatoms. The second-order valence-corrected chi connectivity index (χ2v) is 6.15. The fourth-order valence-electron chi connectivity index (χ4n) is 1.91. The van der Waals surface area contributed by atoms with Crippen molar-refractivity contribution in [3.8, 4) is 0 Å². The maximum absolute atomic E-state index is 5.92. The molecule has 120 valence electrons. The first-order valence-corrected chi connectivity index (χ1v) is 7.06. The Hall–Kier alpha value is -0.820. The largest absolute Gasteiger partial charge is 0.380 e. The summed E-state index contributed by atoms with van der Waals surface area (Å²) in [6.07, 6.45) is 2.19. The summed E-state index contributed by atoms with van der Waals surface area (Å²) in [6, 6.07) is 7.94. The molecule has 0 aliphatic rings. The predicted octanol–water partition coefficient (Wildman–Crippen LogP) is 4.00. The first-order valence-electron chi connectivity index (χ1n) is 7.06. The van der Waals surface area contributed by atoms with E-state index in [4.69, 9.17) is 10.5 Å². The molecule has 21 heavy (non-hydrogen) atoms. The van der Waals surface area contributed by atoms with Crippen molar-refractivity contribution in [1.29, 1.82) is 0 Å². The molecule has 0 bridgehead atoms. The average molecular weight is 405 g/mol. The molecule has 4 nitrogen and oxygen atoms in total. The number of guanidine groups is 1. The van der Waals surface area contributed by atoms with Crippen LogP contribution in [0.5, 0.6) is 0 Å². The van der Waals surface area contributed by atoms with Gasteiger partial charge < -0.3 is 15.8 Å². The molecular weight excluding hydrogens is 377 g/mol. The van der Waals surface area contributed by atoms with Gasteiger partial charge in [0.15, 0.2) is 5.96 Å². The SMILES string of the molecule is COCc1ccccc1NC(N)=NCCCC(C)(C)C.I. The van der Waals surface area contributed by atoms with E-state index in [0.29, 0.717) is 18.0 Å². The Morgan fingerprint density at radius 3 is 2.57 bits per heavy atom. The topological polar surface area (TPSA) is 59.6 Å². The maximum atomic E-state index is 5.92. The summed E-state index contributed by atoms with van der Waals surface area (Å²) < 4.78 is 5.17. The second kappa shape index (κ2) is 10.00. The van der Waals surface area contributed by atoms with Gasteiger partial charge in [-0.2, -0.15) is 0 Å². The van der Waals surface area contributed by atoms with Gasteiger partial charge in [-0.05, 0) is 24.3 Å². The highest BCUT2D eigenvalue weighted by atomic mass is 127. The number of nitrogens with two attached hydrogens (primary N) is 1. The highest BCUT2D eigenvalue weighted by Gasteiger charge is 2.08. The van der Waals surface area contributed by atoms with Crippen LogP contribution in [-0.4, -0.2) is 19.6 Å². The van der Waals surface area contributed by atoms with Crippen molar-refractivity contribution in [2.24, 2.45) is 16.1 Å². The lowest BCUT2D eigenvalue weighted by atomic mass is 9.91. The number of methoxy groups -OCH3 is 1. The van der Waals surface area contributed by atoms with Crippen LogP contribution in [0, 0.1) is 5.41 Å². The Kier molecular flexibility index (Phi) is 9.61. The fourth-order valence-corrected chi connectivity index (χ4v) is 1.91. The lowest BCUT2D eigenvalue weighted by Crippen LogP contribution is -2.23. The summed E-state index contributed by atoms with van der Waals surface area (Å²) in [6.45, 7) is 8.01. The molecule has 0 amide bonds. The van der Waals surface area contributed by atoms with Crippen LogP contribution in [0.25, 0.3) is 0 Å². The minimum atomic E-state index is 0. The molecule has 0 aliphatic heterocycles. The van der Waals surface area contributed by atoms with E-state index in [1.807, 2.05) is 24.3 Å². The van der Waals surface area contributed by atoms with Crippen LogP contribution >= 0.6 is 24.0 Å². The summed E-state index contributed by atoms with van der Waals surface area (Å²) in [5, 5.41) is 3.14. The molecule has 0 aromatic heterocycles. The van der Waals surface area contributed by atoms with Crippen molar-refractivity contribution in [1.82, 2.24) is 0 Å². The third-order valence-corrected chi connectivity index (χ3v) is 2.95. The second-order valence-electron chi connectivity index (χ2n) is 6.15. The minimum absolute atomic E-state index is 0. The van der Waals surface area contributed by atoms with Crippen molar-refractivity contribution in [3.05, 3.63) is 29.8 Å². The minimum Gasteiger partial charge on any atom is -0.380 e. The number of para-hydroxylation sites is 1. The van der Waals surface area contributed by atoms with Crippen LogP contribution < -0.4 is 11.1 Å². The Bertz CT molecular complexity index is 441. The van der Waals surface area contributed by atoms with Gasteiger partial charge in [-0.25, -0.2) is 0 Å². The van der Waals surface area contributed by atoms with Crippen molar-refractivity contribution < 1.29 is 4.74 Å². The van der Waals surface area contributed by atoms with E-state index in [1.54, 1.807) is 7.11 Å². The molecule has 0 unspecified atom stereocenters. The van der Waals surface area contributed by atoms with E-state index in [0.717, 1.165) is 30.6 Å². The molecular formula is C16H28IN3O. The van der Waals surface area contributed by atoms with Gasteiger partial charge in [-0.1, -0.05) is 39.0 Å². The van der Waals surface area contributed by atoms with Crippen LogP contribution in [0.3, 0.4) is 0 Å². The van der Waals surface area contributed by atoms with E-state index >= 15 is 0 Å². The molecule has 1 rings (SSSR count). The Morgan fingerprint density at radius 1 is 1.29 bits per heavy atom. The molecule has 0 radical (unpaired) electrons. The number of aliphatic imine (C=N–C) groups is 1. The Balaban J connectivity index is 0.00000400. The zero-order valence-corrected chi connectivity index (χ0v) is 15.8. The summed E-state index contributed by atoms with van der Waals surface area (Å²) in [5.74, 6) is 0.461. The number of hydrogen-bond donors (Lipinski definition) is 2. The Morgan fingerprint density at radius 2 is 1.95 bits per heavy atom. The number of halogens is 1. The zero-order valence-electron chi connectivity index (χ0n) is 13.5. The summed E-state index contributed by atoms with van der Waals surface area (Å²) in [5.41, 5.74) is 8.29. The van der Waals surface area contributed by atoms with Crippen molar-refractivity contribution >= 4 is 35.6 Å². The van der Waals surface area contributed by atoms with Crippen molar-refractivity contribution in [2.45, 2.75) is 40.2 Å². The molecule has 0 spiro atoms. The number of hydrogen-bond acceptors (Lipinski definition) is 2. The molecule has 0 saturated carbocycles. The third kappa shape index (κ3) is 8.93. The van der Waals surface area contributed by atoms with E-state index in [9.17, 15) is 0 Å². The quantitative estimate of drug-likeness (QED) is 0.326. The van der Waals surface area contributed by atoms with E-state index < -0.39 is 0 Å². The lowest BCUT2D eigenvalue weighted by Gasteiger charge is -2.16. The molecule has 0 fully saturated rings. The molecule has 0 saturated heterocycles. The van der Waals surface area contributed by atoms with Gasteiger partial charge >= 0.3 is 0 Å². The number of nitrogens with one attached hydrogen (secondary N) is 1. The fraction of sp³-hybridized carbons (Fsp3) is 0.562. The van der Waals surface area contributed by atoms with Gasteiger partial charge in [0.2, 0.25) is 0 Å². The van der Waals surface area contributed by atoms with Crippen LogP contribution in [0.2, 0.25) is 0 Å². The lowest BCUT2D eigenvalue weighted by molar-refractivity contribution is 0.185. The standard InChI is InChI=1S/C16H27N3O.HI/c1-16(2,3)10-7-11-18-15(17)19-14-9-6-5-8-13(14)12-20-4;/h5-6,8-9H,7,10-12H2,1-4H3,(H3,17,18,19);1H. The van der Waals surface area contributed by atoms with Crippen molar-refractivity contribution in [3.63, 3.8) is 0 Å². The number of rotatable bonds is 6. The number of benzene rings is 1. The molecule has 1 aromatic carbocycles. The van der Waals surface area contributed by atoms with E-state index in [1.165, 1.54) is 0 Å². The zero-order chi connectivity index (χ0) is 15.0. The van der Waals surface area contributed by atoms with Gasteiger partial charge in [0.05, 0.1) is 6.61 Å². The smallest absolute Gasteiger partial charge is 0.193 e. The highest BCUT2D eigenvalue weighted by molar-refractivity contribution is 14.0. The van der Waals surface area contributed by atoms with Gasteiger partial charge in [-0.15, -0.1) is 24.0 Å². The van der Waals surface area contributed by atoms with Crippen LogP contribution in [0.15, 0.2) is 29.3 Å². The van der Waals surface area contributed by atoms with Gasteiger partial charge in [0.25, 0.3) is 0 Å². The van der Waals surface area contributed by atoms with Gasteiger partial charge in [0.1, 0.15) is 0 Å². The summed E-state index contributed by atoms with van der Waals surface area (Å²) >= 11 is 0. The first kappa shape index (κ1) is 20.2. The molecule has 0 aliphatic carbocycles. The predicted molar refractivity (Wildman–Crippen MR) is 101 cm³/mol. The van der Waals surface area contributed by atoms with Crippen LogP contribution in [0.4, 0.5) is 5.69 Å². The van der Waals surface area contributed by atoms with Crippen LogP contribution in [0.1, 0.15) is 39.2 Å². The normalized spacial score (nSPS) is 11.9. The monoisotopic (exact) mass is 405 g/mol. The molecule has 0 heterocycles. The van der Waals surface area contributed by atoms with E-state index in [-0.39, 0.29) is 24.0 Å². The molecule has 1 aromatic rings. The van der Waals surface area contributed by atoms with Crippen LogP contribution in [-0.2, 0) is 11.3 Å². The highest BCUT2D eigenvalue weighted by Crippen LogP contribution is 2.20. The average Bonchev–Trinajstić information content (AvgIpc) is 2.36. The molecule has 3 N–H and O–H groups in total. The maximum Gasteiger partial charge on any atom is 0.193 e. The summed E-state index contributed by atoms with van der Waals surface area (Å²) in [7, 11) is 1.68. The van der Waals surface area contributed by atoms with Gasteiger partial charge in [0, 0.05) is 24.9 Å². The Labute approximate surface area is 145 Å². The molecule has 0 atom stereocenters. The number of anilines is 1. The summed E-state index contributed by atoms with van der Waals surface area (Å²) in [4.78, 5) is 4.37. The van der Waals surface area contributed by atoms with Gasteiger partial charge in [-0.3, -0.25) is 4.99 Å². The number of nitrogens with zero attached hydrogens (tertiary/aromatic N) is 1. The number of ether oxygens (including phenoxy) is 1. The van der Waals surface area contributed by atoms with E-state index in [2.05, 4.69) is 31.1 Å². The first-order chi connectivity index (χ1) is 9.42.